The van der Waals surface area contributed by atoms with Gasteiger partial charge in [-0.25, -0.2) is 0 Å². The molecule has 1 aliphatic heterocycles. The Morgan fingerprint density at radius 2 is 2.04 bits per heavy atom. The number of unbranched alkanes of at least 4 members (excludes halogenated alkanes) is 1. The summed E-state index contributed by atoms with van der Waals surface area (Å²) in [5.74, 6) is -0.335. The first-order valence-corrected chi connectivity index (χ1v) is 9.05. The Morgan fingerprint density at radius 3 is 2.67 bits per heavy atom. The Balaban J connectivity index is 1.95. The fourth-order valence-electron chi connectivity index (χ4n) is 4.68. The SMILES string of the molecule is CCCCC12C(=O)OC1(c1ccccc1)CCC2CC(=O)OCC. The number of carbonyl (C=O) groups excluding carboxylic acids is 2. The molecule has 1 saturated carbocycles. The molecule has 0 N–H and O–H groups in total. The van der Waals surface area contributed by atoms with Gasteiger partial charge in [0.25, 0.3) is 0 Å². The van der Waals surface area contributed by atoms with E-state index < -0.39 is 11.0 Å². The van der Waals surface area contributed by atoms with Crippen LogP contribution in [0.3, 0.4) is 0 Å². The molecule has 4 heteroatoms. The van der Waals surface area contributed by atoms with Crippen LogP contribution in [0.1, 0.15) is 57.9 Å². The van der Waals surface area contributed by atoms with Crippen molar-refractivity contribution < 1.29 is 19.1 Å². The predicted octanol–water partition coefficient (Wildman–Crippen LogP) is 3.98. The minimum Gasteiger partial charge on any atom is -0.466 e. The molecule has 1 aromatic carbocycles. The zero-order valence-corrected chi connectivity index (χ0v) is 14.5. The van der Waals surface area contributed by atoms with E-state index in [0.717, 1.165) is 37.7 Å². The van der Waals surface area contributed by atoms with Crippen LogP contribution >= 0.6 is 0 Å². The summed E-state index contributed by atoms with van der Waals surface area (Å²) in [6, 6.07) is 10.0. The first kappa shape index (κ1) is 17.0. The number of carbonyl (C=O) groups is 2. The van der Waals surface area contributed by atoms with Crippen LogP contribution < -0.4 is 0 Å². The average molecular weight is 330 g/mol. The van der Waals surface area contributed by atoms with Gasteiger partial charge in [0.2, 0.25) is 0 Å². The van der Waals surface area contributed by atoms with E-state index in [2.05, 4.69) is 6.92 Å². The fourth-order valence-corrected chi connectivity index (χ4v) is 4.68. The number of ether oxygens (including phenoxy) is 2. The molecular formula is C20H26O4. The summed E-state index contributed by atoms with van der Waals surface area (Å²) < 4.78 is 11.0. The van der Waals surface area contributed by atoms with Crippen LogP contribution in [0.4, 0.5) is 0 Å². The molecule has 130 valence electrons. The molecule has 3 rings (SSSR count). The molecule has 24 heavy (non-hydrogen) atoms. The van der Waals surface area contributed by atoms with E-state index in [-0.39, 0.29) is 17.9 Å². The van der Waals surface area contributed by atoms with Crippen LogP contribution in [0, 0.1) is 11.3 Å². The second-order valence-electron chi connectivity index (χ2n) is 6.90. The smallest absolute Gasteiger partial charge is 0.317 e. The van der Waals surface area contributed by atoms with Gasteiger partial charge in [0, 0.05) is 6.42 Å². The standard InChI is InChI=1S/C20H26O4/c1-3-5-12-19-16(14-17(21)23-4-2)11-13-20(19,24-18(19)22)15-9-7-6-8-10-15/h6-10,16H,3-5,11-14H2,1-2H3. The summed E-state index contributed by atoms with van der Waals surface area (Å²) in [7, 11) is 0. The van der Waals surface area contributed by atoms with Gasteiger partial charge in [-0.05, 0) is 37.7 Å². The molecule has 2 fully saturated rings. The average Bonchev–Trinajstić information content (AvgIpc) is 2.83. The Morgan fingerprint density at radius 1 is 1.29 bits per heavy atom. The highest BCUT2D eigenvalue weighted by atomic mass is 16.6. The van der Waals surface area contributed by atoms with Gasteiger partial charge in [0.1, 0.15) is 5.41 Å². The third-order valence-electron chi connectivity index (χ3n) is 5.78. The van der Waals surface area contributed by atoms with Crippen LogP contribution in [-0.2, 0) is 24.7 Å². The van der Waals surface area contributed by atoms with E-state index in [0.29, 0.717) is 13.0 Å². The monoisotopic (exact) mass is 330 g/mol. The van der Waals surface area contributed by atoms with Gasteiger partial charge in [0.15, 0.2) is 5.60 Å². The number of fused-ring (bicyclic) bond motifs is 1. The highest BCUT2D eigenvalue weighted by Gasteiger charge is 2.75. The molecular weight excluding hydrogens is 304 g/mol. The molecule has 3 atom stereocenters. The van der Waals surface area contributed by atoms with Gasteiger partial charge in [-0.15, -0.1) is 0 Å². The zero-order chi connectivity index (χ0) is 17.2. The van der Waals surface area contributed by atoms with E-state index >= 15 is 0 Å². The van der Waals surface area contributed by atoms with Crippen molar-refractivity contribution in [1.29, 1.82) is 0 Å². The molecule has 1 heterocycles. The molecule has 1 saturated heterocycles. The zero-order valence-electron chi connectivity index (χ0n) is 14.5. The Hall–Kier alpha value is -1.84. The van der Waals surface area contributed by atoms with Crippen LogP contribution in [0.25, 0.3) is 0 Å². The molecule has 0 aromatic heterocycles. The van der Waals surface area contributed by atoms with E-state index in [1.54, 1.807) is 0 Å². The van der Waals surface area contributed by atoms with Crippen molar-refractivity contribution in [1.82, 2.24) is 0 Å². The number of hydrogen-bond acceptors (Lipinski definition) is 4. The van der Waals surface area contributed by atoms with Crippen molar-refractivity contribution >= 4 is 11.9 Å². The van der Waals surface area contributed by atoms with Gasteiger partial charge in [-0.1, -0.05) is 50.1 Å². The summed E-state index contributed by atoms with van der Waals surface area (Å²) in [6.45, 7) is 4.31. The highest BCUT2D eigenvalue weighted by molar-refractivity contribution is 5.88. The summed E-state index contributed by atoms with van der Waals surface area (Å²) in [6.07, 6.45) is 4.68. The number of rotatable bonds is 7. The molecule has 0 radical (unpaired) electrons. The Labute approximate surface area is 143 Å². The fraction of sp³-hybridized carbons (Fsp3) is 0.600. The number of hydrogen-bond donors (Lipinski definition) is 0. The lowest BCUT2D eigenvalue weighted by Crippen LogP contribution is -2.64. The lowest BCUT2D eigenvalue weighted by Gasteiger charge is -2.55. The third kappa shape index (κ3) is 2.35. The topological polar surface area (TPSA) is 52.6 Å². The van der Waals surface area contributed by atoms with Crippen molar-refractivity contribution in [3.63, 3.8) is 0 Å². The minimum atomic E-state index is -0.572. The normalized spacial score (nSPS) is 31.1. The maximum Gasteiger partial charge on any atom is 0.317 e. The number of benzene rings is 1. The second kappa shape index (κ2) is 6.58. The molecule has 0 spiro atoms. The largest absolute Gasteiger partial charge is 0.466 e. The number of esters is 2. The molecule has 0 bridgehead atoms. The highest BCUT2D eigenvalue weighted by Crippen LogP contribution is 2.68. The quantitative estimate of drug-likeness (QED) is 0.710. The lowest BCUT2D eigenvalue weighted by molar-refractivity contribution is -0.249. The van der Waals surface area contributed by atoms with E-state index in [1.165, 1.54) is 0 Å². The van der Waals surface area contributed by atoms with E-state index in [4.69, 9.17) is 9.47 Å². The second-order valence-corrected chi connectivity index (χ2v) is 6.90. The van der Waals surface area contributed by atoms with Gasteiger partial charge >= 0.3 is 11.9 Å². The van der Waals surface area contributed by atoms with E-state index in [1.807, 2.05) is 37.3 Å². The summed E-state index contributed by atoms with van der Waals surface area (Å²) >= 11 is 0. The molecule has 1 aliphatic carbocycles. The maximum absolute atomic E-state index is 12.7. The molecule has 1 aromatic rings. The third-order valence-corrected chi connectivity index (χ3v) is 5.78. The van der Waals surface area contributed by atoms with Crippen molar-refractivity contribution in [2.24, 2.45) is 11.3 Å². The summed E-state index contributed by atoms with van der Waals surface area (Å²) in [5.41, 5.74) is -0.0681. The van der Waals surface area contributed by atoms with Crippen LogP contribution in [0.2, 0.25) is 0 Å². The molecule has 0 amide bonds. The van der Waals surface area contributed by atoms with Crippen LogP contribution in [-0.4, -0.2) is 18.5 Å². The minimum absolute atomic E-state index is 0.00422. The maximum atomic E-state index is 12.7. The van der Waals surface area contributed by atoms with Gasteiger partial charge in [0.05, 0.1) is 6.61 Å². The molecule has 3 unspecified atom stereocenters. The van der Waals surface area contributed by atoms with Crippen molar-refractivity contribution in [2.75, 3.05) is 6.61 Å². The van der Waals surface area contributed by atoms with E-state index in [9.17, 15) is 9.59 Å². The first-order valence-electron chi connectivity index (χ1n) is 9.05. The van der Waals surface area contributed by atoms with Crippen LogP contribution in [0.15, 0.2) is 30.3 Å². The first-order chi connectivity index (χ1) is 11.6. The van der Waals surface area contributed by atoms with Gasteiger partial charge in [-0.2, -0.15) is 0 Å². The van der Waals surface area contributed by atoms with Gasteiger partial charge in [-0.3, -0.25) is 9.59 Å². The Bertz CT molecular complexity index is 611. The lowest BCUT2D eigenvalue weighted by atomic mass is 9.59. The predicted molar refractivity (Wildman–Crippen MR) is 90.1 cm³/mol. The van der Waals surface area contributed by atoms with Crippen LogP contribution in [0.5, 0.6) is 0 Å². The van der Waals surface area contributed by atoms with Crippen molar-refractivity contribution in [3.05, 3.63) is 35.9 Å². The molecule has 4 nitrogen and oxygen atoms in total. The van der Waals surface area contributed by atoms with Crippen molar-refractivity contribution in [2.45, 2.75) is 58.0 Å². The summed E-state index contributed by atoms with van der Waals surface area (Å²) in [4.78, 5) is 24.8. The Kier molecular flexibility index (Phi) is 4.66. The summed E-state index contributed by atoms with van der Waals surface area (Å²) in [5, 5.41) is 0. The molecule has 2 aliphatic rings. The van der Waals surface area contributed by atoms with Gasteiger partial charge < -0.3 is 9.47 Å². The van der Waals surface area contributed by atoms with Crippen molar-refractivity contribution in [3.8, 4) is 0 Å².